The largest absolute Gasteiger partial charge is 0.394 e. The molecule has 3 atom stereocenters. The molecule has 1 saturated heterocycles. The van der Waals surface area contributed by atoms with Gasteiger partial charge in [-0.2, -0.15) is 10.2 Å². The molecule has 9 heteroatoms. The predicted octanol–water partition coefficient (Wildman–Crippen LogP) is -1.18. The van der Waals surface area contributed by atoms with Gasteiger partial charge in [0, 0.05) is 12.6 Å². The second-order valence-corrected chi connectivity index (χ2v) is 4.85. The van der Waals surface area contributed by atoms with E-state index in [4.69, 9.17) is 20.8 Å². The zero-order valence-corrected chi connectivity index (χ0v) is 10.9. The fourth-order valence-electron chi connectivity index (χ4n) is 2.55. The first-order valence-corrected chi connectivity index (χ1v) is 6.30. The van der Waals surface area contributed by atoms with Crippen LogP contribution in [0.5, 0.6) is 0 Å². The summed E-state index contributed by atoms with van der Waals surface area (Å²) in [5, 5.41) is 28.4. The number of hydrogen-bond donors (Lipinski definition) is 4. The molecule has 9 nitrogen and oxygen atoms in total. The van der Waals surface area contributed by atoms with Crippen molar-refractivity contribution in [2.45, 2.75) is 24.9 Å². The van der Waals surface area contributed by atoms with Gasteiger partial charge in [0.2, 0.25) is 5.95 Å². The molecule has 0 radical (unpaired) electrons. The van der Waals surface area contributed by atoms with E-state index in [1.807, 2.05) is 6.07 Å². The highest BCUT2D eigenvalue weighted by Crippen LogP contribution is 2.32. The molecule has 0 spiro atoms. The van der Waals surface area contributed by atoms with Gasteiger partial charge >= 0.3 is 0 Å². The highest BCUT2D eigenvalue weighted by molar-refractivity contribution is 5.83. The third-order valence-corrected chi connectivity index (χ3v) is 3.46. The maximum Gasteiger partial charge on any atom is 0.263 e. The van der Waals surface area contributed by atoms with Gasteiger partial charge in [-0.15, -0.1) is 0 Å². The summed E-state index contributed by atoms with van der Waals surface area (Å²) in [6.07, 6.45) is -0.583. The number of nitrogens with zero attached hydrogens (tertiary/aromatic N) is 3. The first-order valence-electron chi connectivity index (χ1n) is 6.30. The number of H-pyrrole nitrogens is 1. The van der Waals surface area contributed by atoms with Crippen molar-refractivity contribution in [1.82, 2.24) is 14.5 Å². The number of nitriles is 1. The Labute approximate surface area is 118 Å². The summed E-state index contributed by atoms with van der Waals surface area (Å²) in [7, 11) is 0. The average Bonchev–Trinajstić information content (AvgIpc) is 2.99. The number of nitrogens with one attached hydrogen (secondary N) is 1. The van der Waals surface area contributed by atoms with Crippen molar-refractivity contribution in [2.24, 2.45) is 0 Å². The molecule has 3 rings (SSSR count). The molecule has 21 heavy (non-hydrogen) atoms. The number of aliphatic hydroxyl groups excluding tert-OH is 2. The molecule has 3 heterocycles. The number of anilines is 1. The van der Waals surface area contributed by atoms with Crippen molar-refractivity contribution in [2.75, 3.05) is 12.3 Å². The zero-order chi connectivity index (χ0) is 15.1. The van der Waals surface area contributed by atoms with Gasteiger partial charge in [-0.25, -0.2) is 0 Å². The Morgan fingerprint density at radius 1 is 1.67 bits per heavy atom. The molecule has 2 aromatic rings. The van der Waals surface area contributed by atoms with E-state index in [2.05, 4.69) is 9.97 Å². The lowest BCUT2D eigenvalue weighted by Crippen LogP contribution is -2.20. The van der Waals surface area contributed by atoms with Crippen molar-refractivity contribution in [3.8, 4) is 6.07 Å². The van der Waals surface area contributed by atoms with E-state index in [0.717, 1.165) is 0 Å². The molecule has 0 bridgehead atoms. The number of aromatic amines is 1. The van der Waals surface area contributed by atoms with Crippen LogP contribution in [0.1, 0.15) is 18.2 Å². The van der Waals surface area contributed by atoms with Crippen LogP contribution in [0, 0.1) is 11.3 Å². The van der Waals surface area contributed by atoms with Crippen LogP contribution in [0.25, 0.3) is 11.0 Å². The molecule has 2 aromatic heterocycles. The van der Waals surface area contributed by atoms with Crippen molar-refractivity contribution < 1.29 is 14.9 Å². The normalized spacial score (nSPS) is 25.3. The second kappa shape index (κ2) is 4.85. The minimum absolute atomic E-state index is 0.0925. The maximum atomic E-state index is 11.9. The summed E-state index contributed by atoms with van der Waals surface area (Å²) in [4.78, 5) is 18.3. The van der Waals surface area contributed by atoms with Crippen LogP contribution < -0.4 is 11.3 Å². The SMILES string of the molecule is N#Cc1cn(C2O[C@H](CO)C[C@H]2O)c2nc(N)[nH]c(=O)c12. The van der Waals surface area contributed by atoms with Crippen LogP contribution in [-0.4, -0.2) is 43.6 Å². The Morgan fingerprint density at radius 3 is 3.05 bits per heavy atom. The molecule has 0 aliphatic carbocycles. The van der Waals surface area contributed by atoms with Gasteiger partial charge < -0.3 is 25.3 Å². The minimum Gasteiger partial charge on any atom is -0.394 e. The first kappa shape index (κ1) is 13.6. The fraction of sp³-hybridized carbons (Fsp3) is 0.417. The topological polar surface area (TPSA) is 150 Å². The molecule has 0 aromatic carbocycles. The summed E-state index contributed by atoms with van der Waals surface area (Å²) in [6, 6.07) is 1.91. The number of fused-ring (bicyclic) bond motifs is 1. The van der Waals surface area contributed by atoms with E-state index in [1.165, 1.54) is 10.8 Å². The number of ether oxygens (including phenoxy) is 1. The predicted molar refractivity (Wildman–Crippen MR) is 71.1 cm³/mol. The van der Waals surface area contributed by atoms with Crippen molar-refractivity contribution in [3.05, 3.63) is 22.1 Å². The van der Waals surface area contributed by atoms with Crippen LogP contribution in [0.3, 0.4) is 0 Å². The number of nitrogen functional groups attached to an aromatic ring is 1. The molecular formula is C12H13N5O4. The van der Waals surface area contributed by atoms with E-state index < -0.39 is 24.0 Å². The molecule has 1 unspecified atom stereocenters. The molecule has 0 amide bonds. The van der Waals surface area contributed by atoms with Gasteiger partial charge in [-0.05, 0) is 0 Å². The number of aromatic nitrogens is 3. The number of rotatable bonds is 2. The smallest absolute Gasteiger partial charge is 0.263 e. The van der Waals surface area contributed by atoms with E-state index in [1.54, 1.807) is 0 Å². The van der Waals surface area contributed by atoms with Gasteiger partial charge in [0.25, 0.3) is 5.56 Å². The van der Waals surface area contributed by atoms with E-state index in [0.29, 0.717) is 0 Å². The standard InChI is InChI=1S/C12H13N5O4/c13-2-5-3-17(11-7(19)1-6(4-18)21-11)9-8(5)10(20)16-12(14)15-9/h3,6-7,11,18-19H,1,4H2,(H3,14,15,16,20)/t6-,7+,11?/m0/s1. The Kier molecular flexibility index (Phi) is 3.13. The summed E-state index contributed by atoms with van der Waals surface area (Å²) in [6.45, 7) is -0.228. The Morgan fingerprint density at radius 2 is 2.43 bits per heavy atom. The number of hydrogen-bond acceptors (Lipinski definition) is 7. The highest BCUT2D eigenvalue weighted by Gasteiger charge is 2.36. The van der Waals surface area contributed by atoms with Gasteiger partial charge in [0.05, 0.1) is 18.3 Å². The van der Waals surface area contributed by atoms with E-state index in [-0.39, 0.29) is 35.6 Å². The molecule has 5 N–H and O–H groups in total. The quantitative estimate of drug-likeness (QED) is 0.543. The number of aliphatic hydroxyl groups is 2. The Hall–Kier alpha value is -2.41. The van der Waals surface area contributed by atoms with Crippen molar-refractivity contribution in [1.29, 1.82) is 5.26 Å². The van der Waals surface area contributed by atoms with Crippen LogP contribution in [0.4, 0.5) is 5.95 Å². The Bertz CT molecular complexity index is 789. The van der Waals surface area contributed by atoms with Gasteiger partial charge in [0.15, 0.2) is 11.9 Å². The number of nitrogens with two attached hydrogens (primary N) is 1. The van der Waals surface area contributed by atoms with Crippen molar-refractivity contribution in [3.63, 3.8) is 0 Å². The van der Waals surface area contributed by atoms with Crippen LogP contribution in [0.15, 0.2) is 11.0 Å². The maximum absolute atomic E-state index is 11.9. The third-order valence-electron chi connectivity index (χ3n) is 3.46. The van der Waals surface area contributed by atoms with E-state index in [9.17, 15) is 9.90 Å². The molecule has 1 fully saturated rings. The monoisotopic (exact) mass is 291 g/mol. The minimum atomic E-state index is -0.883. The lowest BCUT2D eigenvalue weighted by molar-refractivity contribution is -0.0484. The third kappa shape index (κ3) is 2.06. The molecular weight excluding hydrogens is 278 g/mol. The Balaban J connectivity index is 2.20. The molecule has 110 valence electrons. The fourth-order valence-corrected chi connectivity index (χ4v) is 2.55. The van der Waals surface area contributed by atoms with Gasteiger partial charge in [0.1, 0.15) is 17.6 Å². The summed E-state index contributed by atoms with van der Waals surface area (Å²) < 4.78 is 6.92. The summed E-state index contributed by atoms with van der Waals surface area (Å²) in [5.41, 5.74) is 5.27. The van der Waals surface area contributed by atoms with E-state index >= 15 is 0 Å². The van der Waals surface area contributed by atoms with Crippen LogP contribution in [0.2, 0.25) is 0 Å². The molecule has 0 saturated carbocycles. The average molecular weight is 291 g/mol. The first-order chi connectivity index (χ1) is 10.0. The zero-order valence-electron chi connectivity index (χ0n) is 10.9. The second-order valence-electron chi connectivity index (χ2n) is 4.85. The summed E-state index contributed by atoms with van der Waals surface area (Å²) >= 11 is 0. The van der Waals surface area contributed by atoms with Crippen LogP contribution >= 0.6 is 0 Å². The lowest BCUT2D eigenvalue weighted by Gasteiger charge is -2.17. The summed E-state index contributed by atoms with van der Waals surface area (Å²) in [5.74, 6) is -0.0949. The highest BCUT2D eigenvalue weighted by atomic mass is 16.5. The van der Waals surface area contributed by atoms with Crippen LogP contribution in [-0.2, 0) is 4.74 Å². The van der Waals surface area contributed by atoms with Gasteiger partial charge in [-0.1, -0.05) is 0 Å². The molecule has 1 aliphatic heterocycles. The molecule has 1 aliphatic rings. The lowest BCUT2D eigenvalue weighted by atomic mass is 10.2. The van der Waals surface area contributed by atoms with Crippen molar-refractivity contribution >= 4 is 17.0 Å². The van der Waals surface area contributed by atoms with Gasteiger partial charge in [-0.3, -0.25) is 9.78 Å².